The van der Waals surface area contributed by atoms with Gasteiger partial charge in [-0.3, -0.25) is 9.36 Å². The number of hydrogen-bond acceptors (Lipinski definition) is 7. The number of carbonyl (C=O) groups is 2. The molecule has 1 aromatic heterocycles. The number of carboxylic acid groups (broad SMARTS) is 1. The summed E-state index contributed by atoms with van der Waals surface area (Å²) in [6.07, 6.45) is 1.68. The molecule has 0 saturated carbocycles. The Morgan fingerprint density at radius 1 is 1.15 bits per heavy atom. The van der Waals surface area contributed by atoms with Crippen molar-refractivity contribution < 1.29 is 24.2 Å². The van der Waals surface area contributed by atoms with Gasteiger partial charge in [-0.1, -0.05) is 35.6 Å². The van der Waals surface area contributed by atoms with E-state index >= 15 is 0 Å². The maximum atomic E-state index is 13.5. The zero-order chi connectivity index (χ0) is 24.4. The van der Waals surface area contributed by atoms with Crippen LogP contribution in [0.15, 0.2) is 69.6 Å². The van der Waals surface area contributed by atoms with E-state index < -0.39 is 18.0 Å². The fourth-order valence-electron chi connectivity index (χ4n) is 3.77. The molecule has 2 aromatic carbocycles. The van der Waals surface area contributed by atoms with Crippen LogP contribution in [0.5, 0.6) is 5.75 Å². The largest absolute Gasteiger partial charge is 0.497 e. The van der Waals surface area contributed by atoms with Crippen LogP contribution >= 0.6 is 11.3 Å². The molecule has 4 rings (SSSR count). The Labute approximate surface area is 198 Å². The lowest BCUT2D eigenvalue weighted by atomic mass is 9.96. The fourth-order valence-corrected chi connectivity index (χ4v) is 4.81. The van der Waals surface area contributed by atoms with Crippen molar-refractivity contribution in [1.82, 2.24) is 4.57 Å². The summed E-state index contributed by atoms with van der Waals surface area (Å²) in [5.74, 6) is -0.894. The molecule has 0 aliphatic carbocycles. The summed E-state index contributed by atoms with van der Waals surface area (Å²) in [5.41, 5.74) is 2.04. The maximum absolute atomic E-state index is 13.5. The number of carbonyl (C=O) groups excluding carboxylic acids is 1. The van der Waals surface area contributed by atoms with Crippen molar-refractivity contribution in [2.75, 3.05) is 13.7 Å². The zero-order valence-electron chi connectivity index (χ0n) is 18.8. The number of aromatic carboxylic acids is 1. The molecule has 0 bridgehead atoms. The van der Waals surface area contributed by atoms with Crippen LogP contribution in [-0.2, 0) is 9.53 Å². The number of nitrogens with zero attached hydrogens (tertiary/aromatic N) is 2. The normalized spacial score (nSPS) is 15.5. The van der Waals surface area contributed by atoms with Crippen molar-refractivity contribution >= 4 is 29.4 Å². The van der Waals surface area contributed by atoms with Gasteiger partial charge >= 0.3 is 11.9 Å². The Morgan fingerprint density at radius 2 is 1.82 bits per heavy atom. The Morgan fingerprint density at radius 3 is 2.41 bits per heavy atom. The summed E-state index contributed by atoms with van der Waals surface area (Å²) < 4.78 is 12.5. The summed E-state index contributed by atoms with van der Waals surface area (Å²) >= 11 is 1.21. The number of methoxy groups -OCH3 is 1. The molecule has 34 heavy (non-hydrogen) atoms. The molecule has 1 unspecified atom stereocenters. The SMILES string of the molecule is CCOC(=O)C1=C(C)N=c2sc(=Cc3ccc(C(=O)O)cc3)c(=O)n2C1c1ccc(OC)cc1. The topological polar surface area (TPSA) is 107 Å². The minimum atomic E-state index is -1.02. The number of esters is 1. The van der Waals surface area contributed by atoms with Crippen molar-refractivity contribution in [2.24, 2.45) is 4.99 Å². The monoisotopic (exact) mass is 478 g/mol. The summed E-state index contributed by atoms with van der Waals surface area (Å²) in [7, 11) is 1.56. The smallest absolute Gasteiger partial charge is 0.338 e. The molecule has 1 N–H and O–H groups in total. The number of rotatable bonds is 6. The molecule has 174 valence electrons. The summed E-state index contributed by atoms with van der Waals surface area (Å²) in [4.78, 5) is 42.5. The van der Waals surface area contributed by atoms with Crippen molar-refractivity contribution in [3.8, 4) is 5.75 Å². The fraction of sp³-hybridized carbons (Fsp3) is 0.200. The van der Waals surface area contributed by atoms with E-state index in [0.717, 1.165) is 5.56 Å². The molecule has 0 radical (unpaired) electrons. The van der Waals surface area contributed by atoms with E-state index in [0.29, 0.717) is 31.9 Å². The molecule has 0 fully saturated rings. The Kier molecular flexibility index (Phi) is 6.47. The van der Waals surface area contributed by atoms with E-state index in [1.165, 1.54) is 28.0 Å². The van der Waals surface area contributed by atoms with Crippen LogP contribution in [0, 0.1) is 0 Å². The predicted octanol–water partition coefficient (Wildman–Crippen LogP) is 2.51. The second kappa shape index (κ2) is 9.48. The lowest BCUT2D eigenvalue weighted by molar-refractivity contribution is -0.139. The van der Waals surface area contributed by atoms with Gasteiger partial charge in [-0.2, -0.15) is 0 Å². The van der Waals surface area contributed by atoms with Crippen LogP contribution in [0.1, 0.15) is 41.4 Å². The summed E-state index contributed by atoms with van der Waals surface area (Å²) in [5, 5.41) is 9.10. The minimum absolute atomic E-state index is 0.160. The van der Waals surface area contributed by atoms with Gasteiger partial charge in [0, 0.05) is 0 Å². The summed E-state index contributed by atoms with van der Waals surface area (Å²) in [6, 6.07) is 12.7. The molecule has 0 saturated heterocycles. The van der Waals surface area contributed by atoms with Crippen LogP contribution in [0.2, 0.25) is 0 Å². The molecule has 2 heterocycles. The molecule has 9 heteroatoms. The number of aromatic nitrogens is 1. The number of ether oxygens (including phenoxy) is 2. The third kappa shape index (κ3) is 4.29. The highest BCUT2D eigenvalue weighted by molar-refractivity contribution is 7.07. The minimum Gasteiger partial charge on any atom is -0.497 e. The van der Waals surface area contributed by atoms with E-state index in [9.17, 15) is 14.4 Å². The van der Waals surface area contributed by atoms with Gasteiger partial charge in [-0.25, -0.2) is 14.6 Å². The van der Waals surface area contributed by atoms with Gasteiger partial charge in [0.2, 0.25) is 0 Å². The number of carboxylic acids is 1. The molecule has 1 aliphatic heterocycles. The zero-order valence-corrected chi connectivity index (χ0v) is 19.6. The molecule has 1 aliphatic rings. The van der Waals surface area contributed by atoms with E-state index in [4.69, 9.17) is 14.6 Å². The third-order valence-corrected chi connectivity index (χ3v) is 6.39. The van der Waals surface area contributed by atoms with Gasteiger partial charge in [0.25, 0.3) is 5.56 Å². The molecule has 8 nitrogen and oxygen atoms in total. The van der Waals surface area contributed by atoms with E-state index in [1.807, 2.05) is 12.1 Å². The first-order valence-electron chi connectivity index (χ1n) is 10.5. The second-order valence-electron chi connectivity index (χ2n) is 7.50. The molecular formula is C25H22N2O6S. The quantitative estimate of drug-likeness (QED) is 0.546. The van der Waals surface area contributed by atoms with Gasteiger partial charge in [0.05, 0.1) is 41.1 Å². The highest BCUT2D eigenvalue weighted by Gasteiger charge is 2.33. The number of allylic oxidation sites excluding steroid dienone is 1. The highest BCUT2D eigenvalue weighted by atomic mass is 32.1. The van der Waals surface area contributed by atoms with Crippen molar-refractivity contribution in [3.63, 3.8) is 0 Å². The van der Waals surface area contributed by atoms with Gasteiger partial charge in [-0.05, 0) is 55.3 Å². The van der Waals surface area contributed by atoms with Gasteiger partial charge in [0.1, 0.15) is 5.75 Å². The lowest BCUT2D eigenvalue weighted by Gasteiger charge is -2.24. The Hall–Kier alpha value is -3.98. The predicted molar refractivity (Wildman–Crippen MR) is 127 cm³/mol. The summed E-state index contributed by atoms with van der Waals surface area (Å²) in [6.45, 7) is 3.65. The van der Waals surface area contributed by atoms with Crippen molar-refractivity contribution in [1.29, 1.82) is 0 Å². The van der Waals surface area contributed by atoms with Gasteiger partial charge in [0.15, 0.2) is 4.80 Å². The van der Waals surface area contributed by atoms with Crippen molar-refractivity contribution in [2.45, 2.75) is 19.9 Å². The molecule has 3 aromatic rings. The van der Waals surface area contributed by atoms with E-state index in [-0.39, 0.29) is 17.7 Å². The van der Waals surface area contributed by atoms with Crippen LogP contribution in [-0.4, -0.2) is 35.3 Å². The van der Waals surface area contributed by atoms with E-state index in [1.54, 1.807) is 51.3 Å². The standard InChI is InChI=1S/C25H22N2O6S/c1-4-33-24(31)20-14(2)26-25-27(21(20)16-9-11-18(32-3)12-10-16)22(28)19(34-25)13-15-5-7-17(8-6-15)23(29)30/h5-13,21H,4H2,1-3H3,(H,29,30). The van der Waals surface area contributed by atoms with Crippen LogP contribution < -0.4 is 19.6 Å². The molecular weight excluding hydrogens is 456 g/mol. The Balaban J connectivity index is 1.90. The van der Waals surface area contributed by atoms with Crippen LogP contribution in [0.25, 0.3) is 6.08 Å². The first kappa shape index (κ1) is 23.2. The first-order chi connectivity index (χ1) is 16.3. The van der Waals surface area contributed by atoms with E-state index in [2.05, 4.69) is 4.99 Å². The highest BCUT2D eigenvalue weighted by Crippen LogP contribution is 2.31. The number of hydrogen-bond donors (Lipinski definition) is 1. The average Bonchev–Trinajstić information content (AvgIpc) is 3.13. The third-order valence-electron chi connectivity index (χ3n) is 5.40. The number of fused-ring (bicyclic) bond motifs is 1. The van der Waals surface area contributed by atoms with Crippen molar-refractivity contribution in [3.05, 3.63) is 96.2 Å². The van der Waals surface area contributed by atoms with Crippen LogP contribution in [0.3, 0.4) is 0 Å². The number of thiazole rings is 1. The molecule has 1 atom stereocenters. The maximum Gasteiger partial charge on any atom is 0.338 e. The van der Waals surface area contributed by atoms with Gasteiger partial charge in [-0.15, -0.1) is 0 Å². The lowest BCUT2D eigenvalue weighted by Crippen LogP contribution is -2.39. The first-order valence-corrected chi connectivity index (χ1v) is 11.3. The average molecular weight is 479 g/mol. The van der Waals surface area contributed by atoms with Gasteiger partial charge < -0.3 is 14.6 Å². The Bertz CT molecular complexity index is 1460. The molecule has 0 amide bonds. The second-order valence-corrected chi connectivity index (χ2v) is 8.51. The van der Waals surface area contributed by atoms with Crippen LogP contribution in [0.4, 0.5) is 0 Å². The molecule has 0 spiro atoms. The number of benzene rings is 2.